The van der Waals surface area contributed by atoms with Gasteiger partial charge in [-0.3, -0.25) is 23.7 Å². The Balaban J connectivity index is 1.49. The lowest BCUT2D eigenvalue weighted by Gasteiger charge is -2.25. The van der Waals surface area contributed by atoms with Crippen LogP contribution in [-0.4, -0.2) is 51.2 Å². The highest BCUT2D eigenvalue weighted by Crippen LogP contribution is 2.47. The van der Waals surface area contributed by atoms with Crippen molar-refractivity contribution < 1.29 is 37.4 Å². The smallest absolute Gasteiger partial charge is 0.459 e. The van der Waals surface area contributed by atoms with Crippen molar-refractivity contribution in [3.05, 3.63) is 98.8 Å². The minimum absolute atomic E-state index is 0.0155. The van der Waals surface area contributed by atoms with Crippen molar-refractivity contribution in [3.63, 3.8) is 0 Å². The maximum atomic E-state index is 15.6. The molecule has 14 heteroatoms. The SMILES string of the molecule is Cc1ccc(OP(=O)(N[C@@H](C)C(=O)OCc2ccccc2)OC[C@H]2O[C@@H](n3ccc(=O)[nH]c3=O)C(C)(F)[C@@H]2O)cc1. The third-order valence-electron chi connectivity index (χ3n) is 6.41. The summed E-state index contributed by atoms with van der Waals surface area (Å²) in [6.07, 6.45) is -3.83. The number of benzene rings is 2. The molecule has 0 aliphatic carbocycles. The number of carbonyl (C=O) groups excluding carboxylic acids is 1. The van der Waals surface area contributed by atoms with Crippen LogP contribution in [0.5, 0.6) is 5.75 Å². The van der Waals surface area contributed by atoms with E-state index >= 15 is 4.39 Å². The average molecular weight is 592 g/mol. The fraction of sp³-hybridized carbons (Fsp3) is 0.370. The predicted molar refractivity (Wildman–Crippen MR) is 145 cm³/mol. The van der Waals surface area contributed by atoms with Gasteiger partial charge in [0.1, 0.15) is 30.6 Å². The van der Waals surface area contributed by atoms with E-state index in [0.717, 1.165) is 34.9 Å². The molecule has 0 amide bonds. The van der Waals surface area contributed by atoms with Crippen LogP contribution in [0.25, 0.3) is 0 Å². The Morgan fingerprint density at radius 3 is 2.54 bits per heavy atom. The summed E-state index contributed by atoms with van der Waals surface area (Å²) in [5, 5.41) is 13.2. The van der Waals surface area contributed by atoms with Gasteiger partial charge in [-0.25, -0.2) is 13.8 Å². The summed E-state index contributed by atoms with van der Waals surface area (Å²) in [7, 11) is -4.37. The summed E-state index contributed by atoms with van der Waals surface area (Å²) >= 11 is 0. The van der Waals surface area contributed by atoms with Crippen molar-refractivity contribution in [2.45, 2.75) is 57.5 Å². The molecule has 1 fully saturated rings. The number of nitrogens with zero attached hydrogens (tertiary/aromatic N) is 1. The van der Waals surface area contributed by atoms with Crippen molar-refractivity contribution in [1.82, 2.24) is 14.6 Å². The fourth-order valence-electron chi connectivity index (χ4n) is 4.11. The zero-order valence-electron chi connectivity index (χ0n) is 22.6. The maximum absolute atomic E-state index is 15.6. The molecule has 220 valence electrons. The lowest BCUT2D eigenvalue weighted by molar-refractivity contribution is -0.146. The Bertz CT molecular complexity index is 1510. The van der Waals surface area contributed by atoms with Crippen LogP contribution in [0.3, 0.4) is 0 Å². The lowest BCUT2D eigenvalue weighted by atomic mass is 9.98. The fourth-order valence-corrected chi connectivity index (χ4v) is 5.61. The minimum Gasteiger partial charge on any atom is -0.460 e. The summed E-state index contributed by atoms with van der Waals surface area (Å²) in [6.45, 7) is 3.60. The molecule has 0 radical (unpaired) electrons. The van der Waals surface area contributed by atoms with Gasteiger partial charge in [0.25, 0.3) is 5.56 Å². The van der Waals surface area contributed by atoms with Gasteiger partial charge in [-0.15, -0.1) is 0 Å². The highest BCUT2D eigenvalue weighted by atomic mass is 31.2. The molecule has 6 atom stereocenters. The number of aromatic amines is 1. The van der Waals surface area contributed by atoms with Gasteiger partial charge in [-0.2, -0.15) is 5.09 Å². The zero-order chi connectivity index (χ0) is 29.8. The number of carbonyl (C=O) groups is 1. The number of aromatic nitrogens is 2. The number of aliphatic hydroxyl groups excluding tert-OH is 1. The number of rotatable bonds is 11. The van der Waals surface area contributed by atoms with Gasteiger partial charge in [0.05, 0.1) is 6.61 Å². The van der Waals surface area contributed by atoms with Crippen LogP contribution < -0.4 is 20.9 Å². The van der Waals surface area contributed by atoms with Crippen LogP contribution in [0.2, 0.25) is 0 Å². The van der Waals surface area contributed by atoms with Gasteiger partial charge >= 0.3 is 19.4 Å². The van der Waals surface area contributed by atoms with E-state index < -0.39 is 61.7 Å². The third-order valence-corrected chi connectivity index (χ3v) is 8.05. The first kappa shape index (κ1) is 30.4. The third kappa shape index (κ3) is 7.38. The Kier molecular flexibility index (Phi) is 9.25. The molecular formula is C27H31FN3O9P. The van der Waals surface area contributed by atoms with Crippen molar-refractivity contribution >= 4 is 13.7 Å². The summed E-state index contributed by atoms with van der Waals surface area (Å²) in [6, 6.07) is 15.3. The second-order valence-corrected chi connectivity index (χ2v) is 11.5. The van der Waals surface area contributed by atoms with E-state index in [2.05, 4.69) is 5.09 Å². The normalized spacial score (nSPS) is 24.4. The van der Waals surface area contributed by atoms with E-state index in [0.29, 0.717) is 0 Å². The molecule has 1 saturated heterocycles. The number of H-pyrrole nitrogens is 1. The first-order valence-electron chi connectivity index (χ1n) is 12.7. The van der Waals surface area contributed by atoms with Gasteiger partial charge in [0.2, 0.25) is 0 Å². The summed E-state index contributed by atoms with van der Waals surface area (Å²) in [4.78, 5) is 38.3. The monoisotopic (exact) mass is 591 g/mol. The molecule has 3 aromatic rings. The zero-order valence-corrected chi connectivity index (χ0v) is 23.5. The molecule has 0 spiro atoms. The molecule has 41 heavy (non-hydrogen) atoms. The lowest BCUT2D eigenvalue weighted by Crippen LogP contribution is -2.43. The molecule has 1 aromatic heterocycles. The average Bonchev–Trinajstić information content (AvgIpc) is 3.16. The van der Waals surface area contributed by atoms with Crippen LogP contribution in [0.1, 0.15) is 31.2 Å². The number of hydrogen-bond donors (Lipinski definition) is 3. The first-order valence-corrected chi connectivity index (χ1v) is 14.3. The van der Waals surface area contributed by atoms with Crippen LogP contribution in [0.4, 0.5) is 4.39 Å². The van der Waals surface area contributed by atoms with Gasteiger partial charge in [0.15, 0.2) is 11.9 Å². The number of halogens is 1. The number of ether oxygens (including phenoxy) is 2. The Morgan fingerprint density at radius 2 is 1.88 bits per heavy atom. The van der Waals surface area contributed by atoms with Crippen molar-refractivity contribution in [3.8, 4) is 5.75 Å². The van der Waals surface area contributed by atoms with Crippen LogP contribution in [0.15, 0.2) is 76.4 Å². The molecule has 2 heterocycles. The highest BCUT2D eigenvalue weighted by molar-refractivity contribution is 7.52. The molecule has 1 aliphatic rings. The molecule has 0 bridgehead atoms. The molecule has 0 saturated carbocycles. The summed E-state index contributed by atoms with van der Waals surface area (Å²) < 4.78 is 52.3. The van der Waals surface area contributed by atoms with Gasteiger partial charge in [-0.1, -0.05) is 48.0 Å². The second kappa shape index (κ2) is 12.5. The number of esters is 1. The quantitative estimate of drug-likeness (QED) is 0.224. The van der Waals surface area contributed by atoms with Gasteiger partial charge < -0.3 is 19.1 Å². The number of aliphatic hydroxyl groups is 1. The van der Waals surface area contributed by atoms with Gasteiger partial charge in [0, 0.05) is 12.3 Å². The van der Waals surface area contributed by atoms with Crippen LogP contribution in [0, 0.1) is 6.92 Å². The van der Waals surface area contributed by atoms with E-state index in [-0.39, 0.29) is 12.4 Å². The van der Waals surface area contributed by atoms with Crippen molar-refractivity contribution in [2.75, 3.05) is 6.61 Å². The largest absolute Gasteiger partial charge is 0.460 e. The molecule has 12 nitrogen and oxygen atoms in total. The summed E-state index contributed by atoms with van der Waals surface area (Å²) in [5.41, 5.74) is -2.48. The van der Waals surface area contributed by atoms with Crippen LogP contribution in [-0.2, 0) is 30.0 Å². The number of alkyl halides is 1. The first-order chi connectivity index (χ1) is 19.4. The van der Waals surface area contributed by atoms with E-state index in [1.807, 2.05) is 18.0 Å². The van der Waals surface area contributed by atoms with Crippen molar-refractivity contribution in [1.29, 1.82) is 0 Å². The molecule has 3 N–H and O–H groups in total. The van der Waals surface area contributed by atoms with Gasteiger partial charge in [-0.05, 0) is 38.5 Å². The number of nitrogens with one attached hydrogen (secondary N) is 2. The Labute approximate surface area is 234 Å². The molecular weight excluding hydrogens is 560 g/mol. The molecule has 1 aliphatic heterocycles. The second-order valence-electron chi connectivity index (χ2n) is 9.78. The number of hydrogen-bond acceptors (Lipinski definition) is 9. The molecule has 2 aromatic carbocycles. The number of aryl methyl sites for hydroxylation is 1. The van der Waals surface area contributed by atoms with E-state index in [1.54, 1.807) is 48.5 Å². The van der Waals surface area contributed by atoms with Crippen molar-refractivity contribution in [2.24, 2.45) is 0 Å². The molecule has 2 unspecified atom stereocenters. The van der Waals surface area contributed by atoms with E-state index in [9.17, 15) is 24.1 Å². The maximum Gasteiger partial charge on any atom is 0.459 e. The predicted octanol–water partition coefficient (Wildman–Crippen LogP) is 2.76. The van der Waals surface area contributed by atoms with Crippen LogP contribution >= 0.6 is 7.75 Å². The van der Waals surface area contributed by atoms with E-state index in [4.69, 9.17) is 18.5 Å². The standard InChI is InChI=1S/C27H31FN3O9P/c1-17-9-11-20(12-10-17)40-41(36,30-18(2)24(34)37-15-19-7-5-4-6-8-19)38-16-21-23(33)27(3,28)25(39-21)31-14-13-22(32)29-26(31)35/h4-14,18,21,23,25,33H,15-16H2,1-3H3,(H,30,36)(H,29,32,35)/t18-,21+,23+,25+,27?,41?/m0/s1. The van der Waals surface area contributed by atoms with E-state index in [1.165, 1.54) is 6.92 Å². The topological polar surface area (TPSA) is 158 Å². The Hall–Kier alpha value is -3.61. The highest BCUT2D eigenvalue weighted by Gasteiger charge is 2.56. The Morgan fingerprint density at radius 1 is 1.20 bits per heavy atom. The summed E-state index contributed by atoms with van der Waals surface area (Å²) in [5.74, 6) is -0.589. The molecule has 4 rings (SSSR count). The minimum atomic E-state index is -4.37.